The molecule has 5 heteroatoms. The molecule has 2 aliphatic rings. The largest absolute Gasteiger partial charge is 0.394 e. The minimum atomic E-state index is -0.777. The molecule has 0 radical (unpaired) electrons. The molecule has 0 bridgehead atoms. The molecule has 5 nitrogen and oxygen atoms in total. The average Bonchev–Trinajstić information content (AvgIpc) is 2.99. The van der Waals surface area contributed by atoms with Gasteiger partial charge in [0.2, 0.25) is 0 Å². The molecule has 0 aromatic heterocycles. The van der Waals surface area contributed by atoms with Gasteiger partial charge in [-0.2, -0.15) is 0 Å². The van der Waals surface area contributed by atoms with Crippen molar-refractivity contribution in [2.24, 2.45) is 17.8 Å². The lowest BCUT2D eigenvalue weighted by Gasteiger charge is -2.37. The molecule has 23 heavy (non-hydrogen) atoms. The second-order valence-electron chi connectivity index (χ2n) is 7.18. The van der Waals surface area contributed by atoms with Crippen LogP contribution in [0.3, 0.4) is 0 Å². The molecule has 1 heterocycles. The van der Waals surface area contributed by atoms with Crippen LogP contribution in [-0.2, 0) is 14.2 Å². The van der Waals surface area contributed by atoms with Gasteiger partial charge in [-0.05, 0) is 37.5 Å². The number of ether oxygens (including phenoxy) is 3. The lowest BCUT2D eigenvalue weighted by Crippen LogP contribution is -2.36. The highest BCUT2D eigenvalue weighted by Gasteiger charge is 2.41. The summed E-state index contributed by atoms with van der Waals surface area (Å²) in [5.41, 5.74) is 0. The third-order valence-corrected chi connectivity index (χ3v) is 5.56. The van der Waals surface area contributed by atoms with Crippen molar-refractivity contribution >= 4 is 0 Å². The summed E-state index contributed by atoms with van der Waals surface area (Å²) in [6.07, 6.45) is 6.82. The maximum Gasteiger partial charge on any atom is 0.168 e. The number of aliphatic hydroxyl groups excluding tert-OH is 2. The monoisotopic (exact) mass is 330 g/mol. The first-order valence-electron chi connectivity index (χ1n) is 9.28. The highest BCUT2D eigenvalue weighted by Crippen LogP contribution is 2.41. The average molecular weight is 330 g/mol. The Hall–Kier alpha value is -0.200. The van der Waals surface area contributed by atoms with E-state index in [9.17, 15) is 5.11 Å². The molecular formula is C18H34O5. The minimum absolute atomic E-state index is 0.0496. The van der Waals surface area contributed by atoms with Crippen LogP contribution in [0.15, 0.2) is 0 Å². The molecule has 1 saturated heterocycles. The van der Waals surface area contributed by atoms with Gasteiger partial charge in [-0.1, -0.05) is 20.3 Å². The zero-order valence-corrected chi connectivity index (χ0v) is 14.7. The first-order valence-corrected chi connectivity index (χ1v) is 9.28. The summed E-state index contributed by atoms with van der Waals surface area (Å²) in [5.74, 6) is 0.882. The number of hydrogen-bond acceptors (Lipinski definition) is 5. The van der Waals surface area contributed by atoms with E-state index in [-0.39, 0.29) is 24.9 Å². The standard InChI is InChI=1S/C18H34O5/c1-3-16(17(20)21-10-9-19)14(2)6-7-15-5-4-8-18(13-15)22-11-12-23-18/h14-17,19-20H,3-13H2,1-2H3/t14-,15+,16-,17?/m0/s1. The molecule has 1 spiro atoms. The molecule has 4 atom stereocenters. The predicted octanol–water partition coefficient (Wildman–Crippen LogP) is 2.69. The van der Waals surface area contributed by atoms with Crippen LogP contribution in [0.2, 0.25) is 0 Å². The van der Waals surface area contributed by atoms with E-state index in [4.69, 9.17) is 19.3 Å². The van der Waals surface area contributed by atoms with Crippen LogP contribution in [0.4, 0.5) is 0 Å². The van der Waals surface area contributed by atoms with Gasteiger partial charge < -0.3 is 24.4 Å². The molecule has 2 N–H and O–H groups in total. The van der Waals surface area contributed by atoms with E-state index in [0.717, 1.165) is 45.3 Å². The third-order valence-electron chi connectivity index (χ3n) is 5.56. The smallest absolute Gasteiger partial charge is 0.168 e. The Morgan fingerprint density at radius 1 is 1.30 bits per heavy atom. The lowest BCUT2D eigenvalue weighted by atomic mass is 9.78. The van der Waals surface area contributed by atoms with Crippen molar-refractivity contribution < 1.29 is 24.4 Å². The first-order chi connectivity index (χ1) is 11.1. The lowest BCUT2D eigenvalue weighted by molar-refractivity contribution is -0.188. The van der Waals surface area contributed by atoms with Gasteiger partial charge in [-0.3, -0.25) is 0 Å². The van der Waals surface area contributed by atoms with Gasteiger partial charge in [0, 0.05) is 18.8 Å². The molecule has 1 saturated carbocycles. The summed E-state index contributed by atoms with van der Waals surface area (Å²) in [5, 5.41) is 19.0. The minimum Gasteiger partial charge on any atom is -0.394 e. The van der Waals surface area contributed by atoms with Gasteiger partial charge in [-0.15, -0.1) is 0 Å². The SMILES string of the molecule is CC[C@H](C(O)OCCO)[C@@H](C)CC[C@H]1CCCC2(C1)OCCO2. The zero-order valence-electron chi connectivity index (χ0n) is 14.7. The van der Waals surface area contributed by atoms with Gasteiger partial charge in [0.15, 0.2) is 12.1 Å². The van der Waals surface area contributed by atoms with E-state index in [2.05, 4.69) is 13.8 Å². The normalized spacial score (nSPS) is 27.9. The predicted molar refractivity (Wildman–Crippen MR) is 87.8 cm³/mol. The summed E-state index contributed by atoms with van der Waals surface area (Å²) in [7, 11) is 0. The van der Waals surface area contributed by atoms with Crippen molar-refractivity contribution in [3.63, 3.8) is 0 Å². The van der Waals surface area contributed by atoms with E-state index < -0.39 is 6.29 Å². The molecule has 1 aliphatic carbocycles. The molecule has 136 valence electrons. The van der Waals surface area contributed by atoms with E-state index in [0.29, 0.717) is 11.8 Å². The first kappa shape index (κ1) is 19.1. The van der Waals surface area contributed by atoms with Crippen LogP contribution in [-0.4, -0.2) is 48.7 Å². The highest BCUT2D eigenvalue weighted by molar-refractivity contribution is 4.84. The van der Waals surface area contributed by atoms with E-state index in [1.165, 1.54) is 12.8 Å². The number of rotatable bonds is 9. The summed E-state index contributed by atoms with van der Waals surface area (Å²) in [6.45, 7) is 5.89. The summed E-state index contributed by atoms with van der Waals surface area (Å²) in [4.78, 5) is 0. The Morgan fingerprint density at radius 2 is 2.04 bits per heavy atom. The fraction of sp³-hybridized carbons (Fsp3) is 1.00. The Kier molecular flexibility index (Phi) is 7.76. The molecule has 0 amide bonds. The molecular weight excluding hydrogens is 296 g/mol. The van der Waals surface area contributed by atoms with Gasteiger partial charge in [-0.25, -0.2) is 0 Å². The van der Waals surface area contributed by atoms with Gasteiger partial charge in [0.05, 0.1) is 26.4 Å². The van der Waals surface area contributed by atoms with Crippen molar-refractivity contribution in [2.75, 3.05) is 26.4 Å². The topological polar surface area (TPSA) is 68.2 Å². The van der Waals surface area contributed by atoms with Gasteiger partial charge in [0.1, 0.15) is 0 Å². The van der Waals surface area contributed by atoms with Crippen molar-refractivity contribution in [1.82, 2.24) is 0 Å². The van der Waals surface area contributed by atoms with Crippen molar-refractivity contribution in [2.45, 2.75) is 70.9 Å². The van der Waals surface area contributed by atoms with Crippen LogP contribution in [0.5, 0.6) is 0 Å². The third kappa shape index (κ3) is 5.40. The molecule has 1 aliphatic heterocycles. The van der Waals surface area contributed by atoms with Crippen LogP contribution in [0, 0.1) is 17.8 Å². The van der Waals surface area contributed by atoms with E-state index in [1.54, 1.807) is 0 Å². The van der Waals surface area contributed by atoms with E-state index >= 15 is 0 Å². The van der Waals surface area contributed by atoms with E-state index in [1.807, 2.05) is 0 Å². The summed E-state index contributed by atoms with van der Waals surface area (Å²) >= 11 is 0. The second-order valence-corrected chi connectivity index (χ2v) is 7.18. The Bertz CT molecular complexity index is 329. The molecule has 2 rings (SSSR count). The van der Waals surface area contributed by atoms with Crippen molar-refractivity contribution in [3.8, 4) is 0 Å². The number of hydrogen-bond donors (Lipinski definition) is 2. The van der Waals surface area contributed by atoms with Gasteiger partial charge in [0.25, 0.3) is 0 Å². The summed E-state index contributed by atoms with van der Waals surface area (Å²) in [6, 6.07) is 0. The zero-order chi connectivity index (χ0) is 16.7. The molecule has 0 aromatic rings. The molecule has 1 unspecified atom stereocenters. The maximum atomic E-state index is 10.1. The second kappa shape index (κ2) is 9.33. The Labute approximate surface area is 140 Å². The van der Waals surface area contributed by atoms with Gasteiger partial charge >= 0.3 is 0 Å². The molecule has 0 aromatic carbocycles. The quantitative estimate of drug-likeness (QED) is 0.636. The van der Waals surface area contributed by atoms with Crippen molar-refractivity contribution in [1.29, 1.82) is 0 Å². The maximum absolute atomic E-state index is 10.1. The number of aliphatic hydroxyl groups is 2. The van der Waals surface area contributed by atoms with Crippen molar-refractivity contribution in [3.05, 3.63) is 0 Å². The Balaban J connectivity index is 1.76. The summed E-state index contributed by atoms with van der Waals surface area (Å²) < 4.78 is 17.0. The Morgan fingerprint density at radius 3 is 2.70 bits per heavy atom. The highest BCUT2D eigenvalue weighted by atomic mass is 16.7. The van der Waals surface area contributed by atoms with Crippen LogP contribution >= 0.6 is 0 Å². The van der Waals surface area contributed by atoms with Crippen LogP contribution in [0.1, 0.15) is 58.8 Å². The van der Waals surface area contributed by atoms with Crippen LogP contribution < -0.4 is 0 Å². The fourth-order valence-electron chi connectivity index (χ4n) is 4.20. The molecule has 2 fully saturated rings. The fourth-order valence-corrected chi connectivity index (χ4v) is 4.20. The van der Waals surface area contributed by atoms with Crippen LogP contribution in [0.25, 0.3) is 0 Å².